The zero-order valence-corrected chi connectivity index (χ0v) is 21.5. The smallest absolute Gasteiger partial charge is 0.410 e. The number of nitrogens with one attached hydrogen (secondary N) is 1. The molecular formula is C27H36N6O3. The second-order valence-corrected chi connectivity index (χ2v) is 11.6. The van der Waals surface area contributed by atoms with E-state index in [1.807, 2.05) is 30.0 Å². The molecule has 3 aliphatic rings. The average Bonchev–Trinajstić information content (AvgIpc) is 3.49. The first-order chi connectivity index (χ1) is 17.2. The molecule has 2 fully saturated rings. The minimum atomic E-state index is -0.489. The Morgan fingerprint density at radius 1 is 1.08 bits per heavy atom. The van der Waals surface area contributed by atoms with Crippen molar-refractivity contribution in [2.24, 2.45) is 0 Å². The number of aromatic amines is 1. The second-order valence-electron chi connectivity index (χ2n) is 11.6. The van der Waals surface area contributed by atoms with Crippen LogP contribution in [0.15, 0.2) is 29.1 Å². The normalized spacial score (nSPS) is 19.6. The Bertz CT molecular complexity index is 1330. The summed E-state index contributed by atoms with van der Waals surface area (Å²) < 4.78 is 9.54. The molecule has 0 atom stereocenters. The number of aromatic nitrogens is 4. The highest BCUT2D eigenvalue weighted by Gasteiger charge is 2.29. The lowest BCUT2D eigenvalue weighted by Crippen LogP contribution is -2.41. The van der Waals surface area contributed by atoms with E-state index in [1.54, 1.807) is 4.90 Å². The van der Waals surface area contributed by atoms with Gasteiger partial charge in [-0.1, -0.05) is 6.07 Å². The molecule has 9 nitrogen and oxygen atoms in total. The molecule has 9 heteroatoms. The number of carbonyl (C=O) groups is 1. The maximum Gasteiger partial charge on any atom is 0.410 e. The maximum atomic E-state index is 12.5. The van der Waals surface area contributed by atoms with Crippen LogP contribution >= 0.6 is 0 Å². The summed E-state index contributed by atoms with van der Waals surface area (Å²) in [6.07, 6.45) is 4.15. The third kappa shape index (κ3) is 4.68. The molecule has 36 heavy (non-hydrogen) atoms. The van der Waals surface area contributed by atoms with Gasteiger partial charge in [-0.05, 0) is 89.2 Å². The minimum Gasteiger partial charge on any atom is -0.444 e. The molecule has 0 unspecified atom stereocenters. The van der Waals surface area contributed by atoms with Gasteiger partial charge in [0, 0.05) is 19.1 Å². The van der Waals surface area contributed by atoms with Crippen LogP contribution < -0.4 is 5.69 Å². The van der Waals surface area contributed by atoms with Crippen molar-refractivity contribution in [1.29, 1.82) is 0 Å². The van der Waals surface area contributed by atoms with Crippen LogP contribution in [0.2, 0.25) is 0 Å². The van der Waals surface area contributed by atoms with Crippen molar-refractivity contribution >= 4 is 17.1 Å². The van der Waals surface area contributed by atoms with E-state index >= 15 is 0 Å². The van der Waals surface area contributed by atoms with Crippen molar-refractivity contribution in [2.75, 3.05) is 19.6 Å². The minimum absolute atomic E-state index is 0.0245. The SMILES string of the molecule is CC(C)(C)OC(=O)N1CCn2nc(CN3CCC(c4ccc5[nH]c(=O)n(C6CC6)c5c4)CC3)cc2C1. The summed E-state index contributed by atoms with van der Waals surface area (Å²) in [7, 11) is 0. The van der Waals surface area contributed by atoms with Crippen LogP contribution in [-0.2, 0) is 24.4 Å². The van der Waals surface area contributed by atoms with E-state index < -0.39 is 5.60 Å². The Kier molecular flexibility index (Phi) is 5.70. The van der Waals surface area contributed by atoms with E-state index in [-0.39, 0.29) is 11.8 Å². The molecule has 6 rings (SSSR count). The predicted molar refractivity (Wildman–Crippen MR) is 137 cm³/mol. The van der Waals surface area contributed by atoms with Crippen LogP contribution in [0, 0.1) is 0 Å². The zero-order valence-electron chi connectivity index (χ0n) is 21.5. The predicted octanol–water partition coefficient (Wildman–Crippen LogP) is 3.99. The summed E-state index contributed by atoms with van der Waals surface area (Å²) in [5.41, 5.74) is 5.02. The third-order valence-corrected chi connectivity index (χ3v) is 7.60. The summed E-state index contributed by atoms with van der Waals surface area (Å²) in [5.74, 6) is 0.515. The first-order valence-electron chi connectivity index (χ1n) is 13.2. The molecule has 1 saturated carbocycles. The van der Waals surface area contributed by atoms with Crippen molar-refractivity contribution in [3.8, 4) is 0 Å². The highest BCUT2D eigenvalue weighted by Crippen LogP contribution is 2.37. The number of ether oxygens (including phenoxy) is 1. The molecule has 0 bridgehead atoms. The number of fused-ring (bicyclic) bond motifs is 2. The summed E-state index contributed by atoms with van der Waals surface area (Å²) in [5, 5.41) is 4.82. The Labute approximate surface area is 211 Å². The van der Waals surface area contributed by atoms with Crippen LogP contribution in [0.4, 0.5) is 4.79 Å². The lowest BCUT2D eigenvalue weighted by atomic mass is 9.89. The fraction of sp³-hybridized carbons (Fsp3) is 0.593. The van der Waals surface area contributed by atoms with E-state index in [4.69, 9.17) is 9.84 Å². The van der Waals surface area contributed by atoms with Gasteiger partial charge in [-0.25, -0.2) is 9.59 Å². The van der Waals surface area contributed by atoms with Crippen molar-refractivity contribution < 1.29 is 9.53 Å². The highest BCUT2D eigenvalue weighted by molar-refractivity contribution is 5.76. The molecule has 0 spiro atoms. The van der Waals surface area contributed by atoms with Crippen molar-refractivity contribution in [3.63, 3.8) is 0 Å². The van der Waals surface area contributed by atoms with Crippen molar-refractivity contribution in [1.82, 2.24) is 29.1 Å². The van der Waals surface area contributed by atoms with Gasteiger partial charge in [-0.2, -0.15) is 5.10 Å². The van der Waals surface area contributed by atoms with Gasteiger partial charge in [-0.15, -0.1) is 0 Å². The van der Waals surface area contributed by atoms with Gasteiger partial charge in [0.15, 0.2) is 0 Å². The number of H-pyrrole nitrogens is 1. The lowest BCUT2D eigenvalue weighted by molar-refractivity contribution is 0.0194. The molecule has 2 aliphatic heterocycles. The molecule has 4 heterocycles. The molecule has 1 saturated heterocycles. The van der Waals surface area contributed by atoms with Crippen LogP contribution in [0.25, 0.3) is 11.0 Å². The Balaban J connectivity index is 1.07. The second kappa shape index (κ2) is 8.80. The number of hydrogen-bond acceptors (Lipinski definition) is 5. The molecule has 1 amide bonds. The number of piperidine rings is 1. The molecule has 1 N–H and O–H groups in total. The monoisotopic (exact) mass is 492 g/mol. The lowest BCUT2D eigenvalue weighted by Gasteiger charge is -2.31. The summed E-state index contributed by atoms with van der Waals surface area (Å²) >= 11 is 0. The van der Waals surface area contributed by atoms with E-state index in [2.05, 4.69) is 34.1 Å². The standard InChI is InChI=1S/C27H36N6O3/c1-27(2,3)36-26(35)31-12-13-32-22(17-31)15-20(29-32)16-30-10-8-18(9-11-30)19-4-7-23-24(14-19)33(21-5-6-21)25(34)28-23/h4,7,14-15,18,21H,5-6,8-13,16-17H2,1-3H3,(H,28,34). The average molecular weight is 493 g/mol. The van der Waals surface area contributed by atoms with Gasteiger partial charge in [0.1, 0.15) is 5.60 Å². The largest absolute Gasteiger partial charge is 0.444 e. The van der Waals surface area contributed by atoms with Crippen LogP contribution in [0.1, 0.15) is 75.4 Å². The molecule has 2 aromatic heterocycles. The van der Waals surface area contributed by atoms with Gasteiger partial charge in [-0.3, -0.25) is 14.1 Å². The Morgan fingerprint density at radius 3 is 2.58 bits per heavy atom. The van der Waals surface area contributed by atoms with E-state index in [1.165, 1.54) is 5.56 Å². The maximum absolute atomic E-state index is 12.5. The van der Waals surface area contributed by atoms with E-state index in [0.717, 1.165) is 67.7 Å². The first-order valence-corrected chi connectivity index (χ1v) is 13.2. The van der Waals surface area contributed by atoms with Crippen LogP contribution in [-0.4, -0.2) is 60.5 Å². The third-order valence-electron chi connectivity index (χ3n) is 7.60. The van der Waals surface area contributed by atoms with Gasteiger partial charge in [0.05, 0.1) is 35.5 Å². The number of imidazole rings is 1. The Morgan fingerprint density at radius 2 is 1.86 bits per heavy atom. The first kappa shape index (κ1) is 23.3. The van der Waals surface area contributed by atoms with E-state index in [9.17, 15) is 9.59 Å². The topological polar surface area (TPSA) is 88.4 Å². The van der Waals surface area contributed by atoms with Crippen molar-refractivity contribution in [3.05, 3.63) is 51.7 Å². The number of rotatable bonds is 4. The molecule has 192 valence electrons. The molecule has 3 aromatic rings. The number of nitrogens with zero attached hydrogens (tertiary/aromatic N) is 5. The zero-order chi connectivity index (χ0) is 25.0. The summed E-state index contributed by atoms with van der Waals surface area (Å²) in [4.78, 5) is 32.1. The number of hydrogen-bond donors (Lipinski definition) is 1. The number of amides is 1. The fourth-order valence-corrected chi connectivity index (χ4v) is 5.63. The quantitative estimate of drug-likeness (QED) is 0.595. The number of likely N-dealkylation sites (tertiary alicyclic amines) is 1. The van der Waals surface area contributed by atoms with Gasteiger partial charge in [0.25, 0.3) is 0 Å². The fourth-order valence-electron chi connectivity index (χ4n) is 5.63. The molecular weight excluding hydrogens is 456 g/mol. The van der Waals surface area contributed by atoms with E-state index in [0.29, 0.717) is 31.6 Å². The molecule has 1 aromatic carbocycles. The summed E-state index contributed by atoms with van der Waals surface area (Å²) in [6.45, 7) is 10.4. The number of carbonyl (C=O) groups excluding carboxylic acids is 1. The highest BCUT2D eigenvalue weighted by atomic mass is 16.6. The van der Waals surface area contributed by atoms with Gasteiger partial charge in [0.2, 0.25) is 0 Å². The Hall–Kier alpha value is -3.07. The van der Waals surface area contributed by atoms with Crippen LogP contribution in [0.5, 0.6) is 0 Å². The molecule has 0 radical (unpaired) electrons. The molecule has 1 aliphatic carbocycles. The van der Waals surface area contributed by atoms with Gasteiger partial charge < -0.3 is 14.6 Å². The van der Waals surface area contributed by atoms with Gasteiger partial charge >= 0.3 is 11.8 Å². The van der Waals surface area contributed by atoms with Crippen LogP contribution in [0.3, 0.4) is 0 Å². The summed E-state index contributed by atoms with van der Waals surface area (Å²) in [6, 6.07) is 9.02. The number of benzene rings is 1. The van der Waals surface area contributed by atoms with Crippen molar-refractivity contribution in [2.45, 2.75) is 83.6 Å².